The number of hydrogen-bond acceptors (Lipinski definition) is 2. The van der Waals surface area contributed by atoms with Crippen molar-refractivity contribution in [2.45, 2.75) is 20.0 Å². The Morgan fingerprint density at radius 3 is 2.42 bits per heavy atom. The zero-order chi connectivity index (χ0) is 13.2. The van der Waals surface area contributed by atoms with Crippen molar-refractivity contribution in [3.05, 3.63) is 53.6 Å². The zero-order valence-corrected chi connectivity index (χ0v) is 11.3. The Balaban J connectivity index is 1.99. The van der Waals surface area contributed by atoms with Crippen LogP contribution in [0.25, 0.3) is 11.1 Å². The maximum absolute atomic E-state index is 5.98. The van der Waals surface area contributed by atoms with E-state index in [0.29, 0.717) is 6.61 Å². The smallest absolute Gasteiger partial charge is 0.130 e. The Morgan fingerprint density at radius 1 is 1.00 bits per heavy atom. The molecule has 0 N–H and O–H groups in total. The van der Waals surface area contributed by atoms with Crippen LogP contribution in [0.2, 0.25) is 0 Å². The Kier molecular flexibility index (Phi) is 3.26. The normalized spacial score (nSPS) is 17.3. The number of ether oxygens (including phenoxy) is 2. The molecule has 98 valence electrons. The molecule has 19 heavy (non-hydrogen) atoms. The SMILES string of the molecule is Cc1ccccc1-c1cccc(C)c1OCC1CO1. The zero-order valence-electron chi connectivity index (χ0n) is 11.3. The third-order valence-corrected chi connectivity index (χ3v) is 3.46. The van der Waals surface area contributed by atoms with Gasteiger partial charge < -0.3 is 9.47 Å². The molecule has 2 aromatic carbocycles. The number of para-hydroxylation sites is 1. The van der Waals surface area contributed by atoms with Crippen LogP contribution in [0.5, 0.6) is 5.75 Å². The molecule has 1 aliphatic heterocycles. The minimum absolute atomic E-state index is 0.282. The van der Waals surface area contributed by atoms with Crippen LogP contribution in [0.3, 0.4) is 0 Å². The van der Waals surface area contributed by atoms with Crippen LogP contribution in [0, 0.1) is 13.8 Å². The Labute approximate surface area is 114 Å². The summed E-state index contributed by atoms with van der Waals surface area (Å²) in [6.07, 6.45) is 0.282. The summed E-state index contributed by atoms with van der Waals surface area (Å²) in [6, 6.07) is 14.7. The molecule has 0 bridgehead atoms. The van der Waals surface area contributed by atoms with Crippen molar-refractivity contribution in [2.24, 2.45) is 0 Å². The van der Waals surface area contributed by atoms with E-state index in [1.54, 1.807) is 0 Å². The molecule has 0 aromatic heterocycles. The molecule has 0 spiro atoms. The van der Waals surface area contributed by atoms with Crippen LogP contribution in [-0.2, 0) is 4.74 Å². The molecule has 2 aromatic rings. The predicted molar refractivity (Wildman–Crippen MR) is 76.6 cm³/mol. The first-order valence-corrected chi connectivity index (χ1v) is 6.66. The average molecular weight is 254 g/mol. The number of rotatable bonds is 4. The maximum Gasteiger partial charge on any atom is 0.130 e. The third-order valence-electron chi connectivity index (χ3n) is 3.46. The highest BCUT2D eigenvalue weighted by atomic mass is 16.6. The molecule has 2 heteroatoms. The van der Waals surface area contributed by atoms with Gasteiger partial charge in [0.1, 0.15) is 18.5 Å². The summed E-state index contributed by atoms with van der Waals surface area (Å²) in [5.41, 5.74) is 4.83. The summed E-state index contributed by atoms with van der Waals surface area (Å²) < 4.78 is 11.2. The minimum atomic E-state index is 0.282. The molecule has 0 saturated carbocycles. The second kappa shape index (κ2) is 5.06. The van der Waals surface area contributed by atoms with Gasteiger partial charge in [-0.25, -0.2) is 0 Å². The summed E-state index contributed by atoms with van der Waals surface area (Å²) in [5.74, 6) is 0.979. The lowest BCUT2D eigenvalue weighted by atomic mass is 9.98. The first-order chi connectivity index (χ1) is 9.25. The van der Waals surface area contributed by atoms with Crippen molar-refractivity contribution in [3.63, 3.8) is 0 Å². The fourth-order valence-electron chi connectivity index (χ4n) is 2.27. The van der Waals surface area contributed by atoms with Crippen molar-refractivity contribution < 1.29 is 9.47 Å². The fraction of sp³-hybridized carbons (Fsp3) is 0.294. The Hall–Kier alpha value is -1.80. The summed E-state index contributed by atoms with van der Waals surface area (Å²) >= 11 is 0. The fourth-order valence-corrected chi connectivity index (χ4v) is 2.27. The molecule has 1 unspecified atom stereocenters. The Morgan fingerprint density at radius 2 is 1.68 bits per heavy atom. The van der Waals surface area contributed by atoms with Crippen LogP contribution in [0.4, 0.5) is 0 Å². The van der Waals surface area contributed by atoms with Gasteiger partial charge in [-0.1, -0.05) is 42.5 Å². The van der Waals surface area contributed by atoms with Gasteiger partial charge >= 0.3 is 0 Å². The summed E-state index contributed by atoms with van der Waals surface area (Å²) in [4.78, 5) is 0. The van der Waals surface area contributed by atoms with Crippen molar-refractivity contribution in [3.8, 4) is 16.9 Å². The van der Waals surface area contributed by atoms with Gasteiger partial charge in [-0.3, -0.25) is 0 Å². The van der Waals surface area contributed by atoms with Crippen LogP contribution < -0.4 is 4.74 Å². The molecule has 1 fully saturated rings. The third kappa shape index (κ3) is 2.64. The molecule has 0 radical (unpaired) electrons. The highest BCUT2D eigenvalue weighted by Gasteiger charge is 2.24. The van der Waals surface area contributed by atoms with Crippen molar-refractivity contribution in [1.82, 2.24) is 0 Å². The molecule has 0 aliphatic carbocycles. The van der Waals surface area contributed by atoms with E-state index in [9.17, 15) is 0 Å². The average Bonchev–Trinajstić information content (AvgIpc) is 3.22. The molecule has 1 atom stereocenters. The van der Waals surface area contributed by atoms with Gasteiger partial charge in [0.05, 0.1) is 6.61 Å². The van der Waals surface area contributed by atoms with Crippen LogP contribution in [0.1, 0.15) is 11.1 Å². The first kappa shape index (κ1) is 12.2. The second-order valence-corrected chi connectivity index (χ2v) is 5.03. The molecule has 2 nitrogen and oxygen atoms in total. The van der Waals surface area contributed by atoms with E-state index in [1.807, 2.05) is 0 Å². The van der Waals surface area contributed by atoms with Gasteiger partial charge in [-0.05, 0) is 30.5 Å². The number of benzene rings is 2. The van der Waals surface area contributed by atoms with Crippen LogP contribution >= 0.6 is 0 Å². The minimum Gasteiger partial charge on any atom is -0.490 e. The lowest BCUT2D eigenvalue weighted by molar-refractivity contribution is 0.262. The van der Waals surface area contributed by atoms with Gasteiger partial charge in [-0.15, -0.1) is 0 Å². The lowest BCUT2D eigenvalue weighted by Gasteiger charge is -2.15. The lowest BCUT2D eigenvalue weighted by Crippen LogP contribution is -2.06. The van der Waals surface area contributed by atoms with Gasteiger partial charge in [-0.2, -0.15) is 0 Å². The van der Waals surface area contributed by atoms with Crippen molar-refractivity contribution in [2.75, 3.05) is 13.2 Å². The molecule has 1 aliphatic rings. The van der Waals surface area contributed by atoms with E-state index in [0.717, 1.165) is 12.4 Å². The van der Waals surface area contributed by atoms with Gasteiger partial charge in [0.25, 0.3) is 0 Å². The van der Waals surface area contributed by atoms with Gasteiger partial charge in [0.2, 0.25) is 0 Å². The number of epoxide rings is 1. The number of hydrogen-bond donors (Lipinski definition) is 0. The quantitative estimate of drug-likeness (QED) is 0.775. The monoisotopic (exact) mass is 254 g/mol. The van der Waals surface area contributed by atoms with Gasteiger partial charge in [0.15, 0.2) is 0 Å². The summed E-state index contributed by atoms with van der Waals surface area (Å²) in [5, 5.41) is 0. The maximum atomic E-state index is 5.98. The van der Waals surface area contributed by atoms with E-state index in [2.05, 4.69) is 56.3 Å². The Bertz CT molecular complexity index is 586. The van der Waals surface area contributed by atoms with Crippen molar-refractivity contribution in [1.29, 1.82) is 0 Å². The molecular formula is C17H18O2. The second-order valence-electron chi connectivity index (χ2n) is 5.03. The highest BCUT2D eigenvalue weighted by Crippen LogP contribution is 2.35. The van der Waals surface area contributed by atoms with E-state index in [1.165, 1.54) is 22.3 Å². The van der Waals surface area contributed by atoms with Crippen LogP contribution in [0.15, 0.2) is 42.5 Å². The number of aryl methyl sites for hydroxylation is 2. The molecule has 0 amide bonds. The molecule has 1 heterocycles. The topological polar surface area (TPSA) is 21.8 Å². The van der Waals surface area contributed by atoms with Crippen LogP contribution in [-0.4, -0.2) is 19.3 Å². The van der Waals surface area contributed by atoms with E-state index in [-0.39, 0.29) is 6.10 Å². The highest BCUT2D eigenvalue weighted by molar-refractivity contribution is 5.74. The standard InChI is InChI=1S/C17H18O2/c1-12-6-3-4-8-15(12)16-9-5-7-13(2)17(16)19-11-14-10-18-14/h3-9,14H,10-11H2,1-2H3. The predicted octanol–water partition coefficient (Wildman–Crippen LogP) is 3.75. The van der Waals surface area contributed by atoms with E-state index < -0.39 is 0 Å². The van der Waals surface area contributed by atoms with Gasteiger partial charge in [0, 0.05) is 5.56 Å². The first-order valence-electron chi connectivity index (χ1n) is 6.66. The molecule has 1 saturated heterocycles. The van der Waals surface area contributed by atoms with Crippen molar-refractivity contribution >= 4 is 0 Å². The molecular weight excluding hydrogens is 236 g/mol. The summed E-state index contributed by atoms with van der Waals surface area (Å²) in [7, 11) is 0. The van der Waals surface area contributed by atoms with E-state index >= 15 is 0 Å². The van der Waals surface area contributed by atoms with E-state index in [4.69, 9.17) is 9.47 Å². The molecule has 3 rings (SSSR count). The largest absolute Gasteiger partial charge is 0.490 e. The summed E-state index contributed by atoms with van der Waals surface area (Å²) in [6.45, 7) is 5.69.